The fourth-order valence-corrected chi connectivity index (χ4v) is 2.78. The Morgan fingerprint density at radius 3 is 2.58 bits per heavy atom. The van der Waals surface area contributed by atoms with Crippen LogP contribution in [0.3, 0.4) is 0 Å². The second-order valence-corrected chi connectivity index (χ2v) is 6.36. The van der Waals surface area contributed by atoms with Gasteiger partial charge in [-0.2, -0.15) is 4.98 Å². The standard InChI is InChI=1S/C18H12Cl2FN5/c19-13-4-3-11(7-14(13)20)24-17-15(21)9-23-18(26-17)25-12-2-1-10-5-6-22-16(10)8-12/h1-9,22H,(H2,23,24,25,26). The molecule has 0 amide bonds. The van der Waals surface area contributed by atoms with E-state index in [9.17, 15) is 4.39 Å². The van der Waals surface area contributed by atoms with Gasteiger partial charge in [-0.15, -0.1) is 0 Å². The maximum absolute atomic E-state index is 14.1. The summed E-state index contributed by atoms with van der Waals surface area (Å²) in [5.41, 5.74) is 2.33. The lowest BCUT2D eigenvalue weighted by molar-refractivity contribution is 0.619. The molecule has 0 radical (unpaired) electrons. The van der Waals surface area contributed by atoms with E-state index in [2.05, 4.69) is 25.6 Å². The Balaban J connectivity index is 1.59. The highest BCUT2D eigenvalue weighted by Crippen LogP contribution is 2.28. The van der Waals surface area contributed by atoms with Gasteiger partial charge in [0.25, 0.3) is 0 Å². The van der Waals surface area contributed by atoms with E-state index < -0.39 is 5.82 Å². The number of hydrogen-bond acceptors (Lipinski definition) is 4. The number of aromatic amines is 1. The lowest BCUT2D eigenvalue weighted by Crippen LogP contribution is -2.03. The third kappa shape index (κ3) is 3.42. The van der Waals surface area contributed by atoms with Crippen molar-refractivity contribution in [2.45, 2.75) is 0 Å². The van der Waals surface area contributed by atoms with Gasteiger partial charge in [-0.25, -0.2) is 9.37 Å². The number of H-pyrrole nitrogens is 1. The van der Waals surface area contributed by atoms with Crippen LogP contribution in [0.15, 0.2) is 54.9 Å². The van der Waals surface area contributed by atoms with Gasteiger partial charge in [0.15, 0.2) is 11.6 Å². The summed E-state index contributed by atoms with van der Waals surface area (Å²) in [5, 5.41) is 7.82. The van der Waals surface area contributed by atoms with Crippen molar-refractivity contribution in [3.8, 4) is 0 Å². The number of benzene rings is 2. The van der Waals surface area contributed by atoms with Gasteiger partial charge in [0.2, 0.25) is 5.95 Å². The third-order valence-corrected chi connectivity index (χ3v) is 4.48. The Morgan fingerprint density at radius 1 is 0.923 bits per heavy atom. The van der Waals surface area contributed by atoms with Crippen LogP contribution < -0.4 is 10.6 Å². The summed E-state index contributed by atoms with van der Waals surface area (Å²) in [6.45, 7) is 0. The van der Waals surface area contributed by atoms with Crippen LogP contribution >= 0.6 is 23.2 Å². The maximum atomic E-state index is 14.1. The van der Waals surface area contributed by atoms with E-state index in [1.807, 2.05) is 30.5 Å². The number of nitrogens with one attached hydrogen (secondary N) is 3. The molecule has 0 fully saturated rings. The summed E-state index contributed by atoms with van der Waals surface area (Å²) >= 11 is 11.9. The summed E-state index contributed by atoms with van der Waals surface area (Å²) in [5.74, 6) is -0.289. The molecular formula is C18H12Cl2FN5. The Morgan fingerprint density at radius 2 is 1.73 bits per heavy atom. The largest absolute Gasteiger partial charge is 0.361 e. The minimum Gasteiger partial charge on any atom is -0.361 e. The van der Waals surface area contributed by atoms with Crippen molar-refractivity contribution in [3.05, 3.63) is 70.7 Å². The molecule has 8 heteroatoms. The Bertz CT molecular complexity index is 1100. The van der Waals surface area contributed by atoms with Gasteiger partial charge >= 0.3 is 0 Å². The Hall–Kier alpha value is -2.83. The van der Waals surface area contributed by atoms with Crippen molar-refractivity contribution >= 4 is 57.2 Å². The molecule has 0 atom stereocenters. The third-order valence-electron chi connectivity index (χ3n) is 3.74. The summed E-state index contributed by atoms with van der Waals surface area (Å²) in [6.07, 6.45) is 2.96. The molecule has 130 valence electrons. The average molecular weight is 388 g/mol. The van der Waals surface area contributed by atoms with E-state index in [0.29, 0.717) is 15.7 Å². The number of anilines is 4. The van der Waals surface area contributed by atoms with Crippen LogP contribution in [0.1, 0.15) is 0 Å². The van der Waals surface area contributed by atoms with Crippen LogP contribution in [0.4, 0.5) is 27.5 Å². The predicted octanol–water partition coefficient (Wildman–Crippen LogP) is 5.89. The predicted molar refractivity (Wildman–Crippen MR) is 103 cm³/mol. The van der Waals surface area contributed by atoms with E-state index in [1.54, 1.807) is 18.2 Å². The molecule has 5 nitrogen and oxygen atoms in total. The average Bonchev–Trinajstić information content (AvgIpc) is 3.09. The SMILES string of the molecule is Fc1cnc(Nc2ccc3cc[nH]c3c2)nc1Nc1ccc(Cl)c(Cl)c1. The number of aromatic nitrogens is 3. The Labute approximate surface area is 158 Å². The lowest BCUT2D eigenvalue weighted by atomic mass is 10.2. The first kappa shape index (κ1) is 16.6. The first-order chi connectivity index (χ1) is 12.6. The molecule has 2 aromatic heterocycles. The molecule has 0 saturated heterocycles. The monoisotopic (exact) mass is 387 g/mol. The number of rotatable bonds is 4. The van der Waals surface area contributed by atoms with E-state index in [-0.39, 0.29) is 11.8 Å². The summed E-state index contributed by atoms with van der Waals surface area (Å²) < 4.78 is 14.1. The quantitative estimate of drug-likeness (QED) is 0.408. The van der Waals surface area contributed by atoms with E-state index >= 15 is 0 Å². The fraction of sp³-hybridized carbons (Fsp3) is 0. The molecule has 2 aromatic carbocycles. The molecule has 3 N–H and O–H groups in total. The molecule has 0 saturated carbocycles. The zero-order valence-corrected chi connectivity index (χ0v) is 14.7. The highest BCUT2D eigenvalue weighted by atomic mass is 35.5. The van der Waals surface area contributed by atoms with Gasteiger partial charge in [-0.3, -0.25) is 0 Å². The minimum absolute atomic E-state index is 0.0295. The molecule has 0 bridgehead atoms. The molecule has 0 aliphatic heterocycles. The zero-order valence-electron chi connectivity index (χ0n) is 13.2. The summed E-state index contributed by atoms with van der Waals surface area (Å²) in [7, 11) is 0. The van der Waals surface area contributed by atoms with Crippen LogP contribution in [-0.2, 0) is 0 Å². The number of fused-ring (bicyclic) bond motifs is 1. The molecular weight excluding hydrogens is 376 g/mol. The van der Waals surface area contributed by atoms with Crippen LogP contribution in [0.5, 0.6) is 0 Å². The van der Waals surface area contributed by atoms with Crippen molar-refractivity contribution in [3.63, 3.8) is 0 Å². The van der Waals surface area contributed by atoms with E-state index in [0.717, 1.165) is 22.8 Å². The van der Waals surface area contributed by atoms with Crippen molar-refractivity contribution < 1.29 is 4.39 Å². The van der Waals surface area contributed by atoms with Crippen LogP contribution in [0.2, 0.25) is 10.0 Å². The Kier molecular flexibility index (Phi) is 4.36. The first-order valence-corrected chi connectivity index (χ1v) is 8.43. The molecule has 4 rings (SSSR count). The molecule has 0 aliphatic carbocycles. The zero-order chi connectivity index (χ0) is 18.1. The van der Waals surface area contributed by atoms with Gasteiger partial charge in [0.05, 0.1) is 16.2 Å². The molecule has 4 aromatic rings. The highest BCUT2D eigenvalue weighted by Gasteiger charge is 2.09. The minimum atomic E-state index is -0.582. The first-order valence-electron chi connectivity index (χ1n) is 7.67. The van der Waals surface area contributed by atoms with Gasteiger partial charge in [-0.05, 0) is 41.8 Å². The molecule has 26 heavy (non-hydrogen) atoms. The number of halogens is 3. The van der Waals surface area contributed by atoms with Crippen molar-refractivity contribution in [2.75, 3.05) is 10.6 Å². The summed E-state index contributed by atoms with van der Waals surface area (Å²) in [4.78, 5) is 11.3. The van der Waals surface area contributed by atoms with Crippen molar-refractivity contribution in [1.82, 2.24) is 15.0 Å². The lowest BCUT2D eigenvalue weighted by Gasteiger charge is -2.10. The topological polar surface area (TPSA) is 65.6 Å². The van der Waals surface area contributed by atoms with Crippen LogP contribution in [0.25, 0.3) is 10.9 Å². The van der Waals surface area contributed by atoms with E-state index in [1.165, 1.54) is 0 Å². The van der Waals surface area contributed by atoms with Gasteiger partial charge in [0.1, 0.15) is 0 Å². The van der Waals surface area contributed by atoms with Gasteiger partial charge in [-0.1, -0.05) is 29.3 Å². The van der Waals surface area contributed by atoms with Gasteiger partial charge in [0, 0.05) is 23.1 Å². The normalized spacial score (nSPS) is 10.9. The molecule has 0 unspecified atom stereocenters. The smallest absolute Gasteiger partial charge is 0.229 e. The summed E-state index contributed by atoms with van der Waals surface area (Å²) in [6, 6.07) is 12.7. The molecule has 0 spiro atoms. The molecule has 2 heterocycles. The van der Waals surface area contributed by atoms with Gasteiger partial charge < -0.3 is 15.6 Å². The number of nitrogens with zero attached hydrogens (tertiary/aromatic N) is 2. The second-order valence-electron chi connectivity index (χ2n) is 5.55. The highest BCUT2D eigenvalue weighted by molar-refractivity contribution is 6.42. The van der Waals surface area contributed by atoms with Crippen LogP contribution in [0, 0.1) is 5.82 Å². The van der Waals surface area contributed by atoms with Crippen molar-refractivity contribution in [1.29, 1.82) is 0 Å². The van der Waals surface area contributed by atoms with Crippen molar-refractivity contribution in [2.24, 2.45) is 0 Å². The second kappa shape index (κ2) is 6.82. The maximum Gasteiger partial charge on any atom is 0.229 e. The number of hydrogen-bond donors (Lipinski definition) is 3. The van der Waals surface area contributed by atoms with Crippen LogP contribution in [-0.4, -0.2) is 15.0 Å². The van der Waals surface area contributed by atoms with E-state index in [4.69, 9.17) is 23.2 Å². The fourth-order valence-electron chi connectivity index (χ4n) is 2.48. The molecule has 0 aliphatic rings.